The number of para-hydroxylation sites is 1. The summed E-state index contributed by atoms with van der Waals surface area (Å²) in [6.07, 6.45) is 0. The molecule has 0 bridgehead atoms. The van der Waals surface area contributed by atoms with Gasteiger partial charge in [-0.2, -0.15) is 0 Å². The van der Waals surface area contributed by atoms with Crippen molar-refractivity contribution in [2.75, 3.05) is 12.8 Å². The molecule has 0 aliphatic heterocycles. The molecule has 0 amide bonds. The highest BCUT2D eigenvalue weighted by Crippen LogP contribution is 2.28. The van der Waals surface area contributed by atoms with E-state index >= 15 is 0 Å². The van der Waals surface area contributed by atoms with Crippen LogP contribution in [0.1, 0.15) is 15.9 Å². The topological polar surface area (TPSA) is 52.3 Å². The fourth-order valence-corrected chi connectivity index (χ4v) is 1.77. The number of anilines is 1. The first-order valence-corrected chi connectivity index (χ1v) is 5.58. The van der Waals surface area contributed by atoms with Crippen LogP contribution in [0.5, 0.6) is 5.75 Å². The van der Waals surface area contributed by atoms with Gasteiger partial charge < -0.3 is 10.5 Å². The number of halogens is 3. The van der Waals surface area contributed by atoms with Crippen molar-refractivity contribution in [1.29, 1.82) is 0 Å². The second-order valence-corrected chi connectivity index (χ2v) is 3.97. The summed E-state index contributed by atoms with van der Waals surface area (Å²) in [6, 6.07) is 5.91. The van der Waals surface area contributed by atoms with E-state index in [0.29, 0.717) is 6.07 Å². The number of nitrogen functional groups attached to an aromatic ring is 1. The number of hydrogen-bond acceptors (Lipinski definition) is 3. The maximum absolute atomic E-state index is 13.6. The van der Waals surface area contributed by atoms with Crippen LogP contribution in [0.4, 0.5) is 18.9 Å². The molecular weight excluding hydrogens is 271 g/mol. The fraction of sp³-hybridized carbons (Fsp3) is 0.0714. The average Bonchev–Trinajstić information content (AvgIpc) is 2.44. The molecule has 0 fully saturated rings. The first kappa shape index (κ1) is 13.9. The van der Waals surface area contributed by atoms with Crippen molar-refractivity contribution >= 4 is 11.5 Å². The van der Waals surface area contributed by atoms with Crippen LogP contribution in [-0.2, 0) is 0 Å². The Morgan fingerprint density at radius 2 is 1.75 bits per heavy atom. The molecule has 0 heterocycles. The van der Waals surface area contributed by atoms with Crippen molar-refractivity contribution in [2.45, 2.75) is 0 Å². The van der Waals surface area contributed by atoms with Crippen molar-refractivity contribution in [1.82, 2.24) is 0 Å². The summed E-state index contributed by atoms with van der Waals surface area (Å²) in [5.74, 6) is -5.22. The largest absolute Gasteiger partial charge is 0.495 e. The lowest BCUT2D eigenvalue weighted by molar-refractivity contribution is 0.103. The molecule has 6 heteroatoms. The molecule has 0 atom stereocenters. The van der Waals surface area contributed by atoms with Gasteiger partial charge in [-0.1, -0.05) is 6.07 Å². The van der Waals surface area contributed by atoms with Gasteiger partial charge in [-0.15, -0.1) is 0 Å². The average molecular weight is 281 g/mol. The Morgan fingerprint density at radius 3 is 2.40 bits per heavy atom. The Hall–Kier alpha value is -2.50. The lowest BCUT2D eigenvalue weighted by Crippen LogP contribution is -2.10. The van der Waals surface area contributed by atoms with Crippen molar-refractivity contribution < 1.29 is 22.7 Å². The van der Waals surface area contributed by atoms with Gasteiger partial charge in [0.15, 0.2) is 23.2 Å². The van der Waals surface area contributed by atoms with Crippen LogP contribution in [0.3, 0.4) is 0 Å². The number of carbonyl (C=O) groups is 1. The first-order chi connectivity index (χ1) is 9.47. The van der Waals surface area contributed by atoms with E-state index in [0.717, 1.165) is 6.07 Å². The van der Waals surface area contributed by atoms with Crippen molar-refractivity contribution in [3.05, 3.63) is 58.9 Å². The number of hydrogen-bond donors (Lipinski definition) is 1. The van der Waals surface area contributed by atoms with E-state index < -0.39 is 28.8 Å². The van der Waals surface area contributed by atoms with Gasteiger partial charge in [-0.25, -0.2) is 13.2 Å². The molecule has 2 rings (SSSR count). The van der Waals surface area contributed by atoms with Gasteiger partial charge in [-0.3, -0.25) is 4.79 Å². The summed E-state index contributed by atoms with van der Waals surface area (Å²) in [6.45, 7) is 0. The molecule has 0 saturated carbocycles. The quantitative estimate of drug-likeness (QED) is 0.534. The smallest absolute Gasteiger partial charge is 0.198 e. The minimum atomic E-state index is -1.70. The Morgan fingerprint density at radius 1 is 1.05 bits per heavy atom. The molecule has 0 unspecified atom stereocenters. The van der Waals surface area contributed by atoms with Crippen LogP contribution >= 0.6 is 0 Å². The van der Waals surface area contributed by atoms with E-state index in [1.165, 1.54) is 25.3 Å². The molecule has 104 valence electrons. The van der Waals surface area contributed by atoms with Crippen LogP contribution in [0.25, 0.3) is 0 Å². The van der Waals surface area contributed by atoms with E-state index in [9.17, 15) is 18.0 Å². The van der Waals surface area contributed by atoms with Crippen molar-refractivity contribution in [2.24, 2.45) is 0 Å². The zero-order valence-electron chi connectivity index (χ0n) is 10.4. The minimum Gasteiger partial charge on any atom is -0.495 e. The second-order valence-electron chi connectivity index (χ2n) is 3.97. The SMILES string of the molecule is COc1cccc(C(=O)c2ccc(F)c(F)c2F)c1N. The zero-order valence-corrected chi connectivity index (χ0v) is 10.4. The number of rotatable bonds is 3. The molecule has 0 aromatic heterocycles. The van der Waals surface area contributed by atoms with Gasteiger partial charge in [0.05, 0.1) is 18.4 Å². The van der Waals surface area contributed by atoms with Crippen molar-refractivity contribution in [3.63, 3.8) is 0 Å². The third-order valence-corrected chi connectivity index (χ3v) is 2.81. The van der Waals surface area contributed by atoms with Gasteiger partial charge in [-0.05, 0) is 24.3 Å². The summed E-state index contributed by atoms with van der Waals surface area (Å²) in [4.78, 5) is 12.2. The molecule has 3 nitrogen and oxygen atoms in total. The van der Waals surface area contributed by atoms with Gasteiger partial charge >= 0.3 is 0 Å². The van der Waals surface area contributed by atoms with Crippen molar-refractivity contribution in [3.8, 4) is 5.75 Å². The molecule has 2 aromatic carbocycles. The monoisotopic (exact) mass is 281 g/mol. The summed E-state index contributed by atoms with van der Waals surface area (Å²) < 4.78 is 44.6. The third kappa shape index (κ3) is 2.20. The Balaban J connectivity index is 2.55. The van der Waals surface area contributed by atoms with Crippen LogP contribution < -0.4 is 10.5 Å². The molecule has 20 heavy (non-hydrogen) atoms. The van der Waals surface area contributed by atoms with E-state index in [1.807, 2.05) is 0 Å². The lowest BCUT2D eigenvalue weighted by Gasteiger charge is -2.10. The molecule has 0 aliphatic rings. The number of carbonyl (C=O) groups excluding carboxylic acids is 1. The molecule has 0 saturated heterocycles. The van der Waals surface area contributed by atoms with E-state index in [1.54, 1.807) is 0 Å². The zero-order chi connectivity index (χ0) is 14.9. The molecule has 0 radical (unpaired) electrons. The third-order valence-electron chi connectivity index (χ3n) is 2.81. The molecule has 2 N–H and O–H groups in total. The summed E-state index contributed by atoms with van der Waals surface area (Å²) >= 11 is 0. The summed E-state index contributed by atoms with van der Waals surface area (Å²) in [5.41, 5.74) is 5.08. The highest BCUT2D eigenvalue weighted by Gasteiger charge is 2.22. The standard InChI is InChI=1S/C14H10F3NO2/c1-20-10-4-2-3-8(13(10)18)14(19)7-5-6-9(15)12(17)11(7)16/h2-6H,18H2,1H3. The lowest BCUT2D eigenvalue weighted by atomic mass is 10.0. The minimum absolute atomic E-state index is 0.00383. The number of nitrogens with two attached hydrogens (primary N) is 1. The van der Waals surface area contributed by atoms with Gasteiger partial charge in [0.2, 0.25) is 0 Å². The first-order valence-electron chi connectivity index (χ1n) is 5.58. The van der Waals surface area contributed by atoms with Gasteiger partial charge in [0.25, 0.3) is 0 Å². The highest BCUT2D eigenvalue weighted by atomic mass is 19.2. The fourth-order valence-electron chi connectivity index (χ4n) is 1.77. The Bertz CT molecular complexity index is 686. The number of methoxy groups -OCH3 is 1. The predicted octanol–water partition coefficient (Wildman–Crippen LogP) is 2.93. The van der Waals surface area contributed by atoms with Gasteiger partial charge in [0.1, 0.15) is 5.75 Å². The number of benzene rings is 2. The van der Waals surface area contributed by atoms with E-state index in [4.69, 9.17) is 10.5 Å². The summed E-state index contributed by atoms with van der Waals surface area (Å²) in [7, 11) is 1.36. The normalized spacial score (nSPS) is 10.4. The Kier molecular flexibility index (Phi) is 3.65. The maximum atomic E-state index is 13.6. The van der Waals surface area contributed by atoms with Gasteiger partial charge in [0, 0.05) is 5.56 Å². The molecular formula is C14H10F3NO2. The van der Waals surface area contributed by atoms with Crippen LogP contribution in [-0.4, -0.2) is 12.9 Å². The van der Waals surface area contributed by atoms with Crippen LogP contribution in [0.2, 0.25) is 0 Å². The molecule has 0 spiro atoms. The van der Waals surface area contributed by atoms with Crippen LogP contribution in [0.15, 0.2) is 30.3 Å². The second kappa shape index (κ2) is 5.24. The number of ether oxygens (including phenoxy) is 1. The number of ketones is 1. The summed E-state index contributed by atoms with van der Waals surface area (Å²) in [5, 5.41) is 0. The predicted molar refractivity (Wildman–Crippen MR) is 67.2 cm³/mol. The van der Waals surface area contributed by atoms with Crippen LogP contribution in [0, 0.1) is 17.5 Å². The highest BCUT2D eigenvalue weighted by molar-refractivity contribution is 6.12. The van der Waals surface area contributed by atoms with E-state index in [2.05, 4.69) is 0 Å². The maximum Gasteiger partial charge on any atom is 0.198 e. The molecule has 0 aliphatic carbocycles. The Labute approximate surface area is 112 Å². The molecule has 2 aromatic rings. The van der Waals surface area contributed by atoms with E-state index in [-0.39, 0.29) is 17.0 Å².